The fourth-order valence-corrected chi connectivity index (χ4v) is 2.90. The van der Waals surface area contributed by atoms with Gasteiger partial charge in [0.2, 0.25) is 0 Å². The van der Waals surface area contributed by atoms with Crippen LogP contribution >= 0.6 is 0 Å². The number of carbonyl (C=O) groups is 1. The maximum atomic E-state index is 11.6. The molecule has 0 bridgehead atoms. The Bertz CT molecular complexity index is 396. The van der Waals surface area contributed by atoms with Gasteiger partial charge in [-0.1, -0.05) is 18.6 Å². The van der Waals surface area contributed by atoms with Gasteiger partial charge in [-0.25, -0.2) is 9.28 Å². The van der Waals surface area contributed by atoms with Crippen molar-refractivity contribution in [3.8, 4) is 0 Å². The minimum Gasteiger partial charge on any atom is -0.233 e. The topological polar surface area (TPSA) is 17.1 Å². The monoisotopic (exact) mass is 232 g/mol. The van der Waals surface area contributed by atoms with Gasteiger partial charge in [-0.15, -0.1) is 0 Å². The largest absolute Gasteiger partial charge is 0.306 e. The number of carbonyl (C=O) groups excluding carboxylic acids is 1. The highest BCUT2D eigenvalue weighted by atomic mass is 16.1. The van der Waals surface area contributed by atoms with Crippen molar-refractivity contribution in [2.24, 2.45) is 0 Å². The van der Waals surface area contributed by atoms with Crippen LogP contribution in [0.4, 0.5) is 5.69 Å². The molecule has 0 aromatic heterocycles. The van der Waals surface area contributed by atoms with Gasteiger partial charge in [0.1, 0.15) is 11.7 Å². The predicted octanol–water partition coefficient (Wildman–Crippen LogP) is 3.42. The van der Waals surface area contributed by atoms with Crippen LogP contribution in [0.1, 0.15) is 37.7 Å². The number of nitrogens with zero attached hydrogens (tertiary/aromatic N) is 1. The first-order valence-corrected chi connectivity index (χ1v) is 6.56. The van der Waals surface area contributed by atoms with Crippen molar-refractivity contribution < 1.29 is 4.79 Å². The van der Waals surface area contributed by atoms with Gasteiger partial charge < -0.3 is 0 Å². The van der Waals surface area contributed by atoms with E-state index in [0.717, 1.165) is 12.1 Å². The second-order valence-electron chi connectivity index (χ2n) is 5.38. The Morgan fingerprint density at radius 1 is 1.24 bits per heavy atom. The summed E-state index contributed by atoms with van der Waals surface area (Å²) in [6.45, 7) is 2.08. The summed E-state index contributed by atoms with van der Waals surface area (Å²) < 4.78 is 0.446. The predicted molar refractivity (Wildman–Crippen MR) is 71.8 cm³/mol. The van der Waals surface area contributed by atoms with Crippen LogP contribution in [-0.2, 0) is 4.79 Å². The highest BCUT2D eigenvalue weighted by molar-refractivity contribution is 5.69. The molecule has 0 radical (unpaired) electrons. The van der Waals surface area contributed by atoms with Crippen molar-refractivity contribution in [2.75, 3.05) is 7.05 Å². The number of benzene rings is 1. The summed E-state index contributed by atoms with van der Waals surface area (Å²) in [5.74, 6) is 0. The number of amides is 1. The SMILES string of the molecule is Cc1cccc([N+](C)(C=O)C2CCCCC2)c1. The van der Waals surface area contributed by atoms with Crippen molar-refractivity contribution in [2.45, 2.75) is 45.1 Å². The second kappa shape index (κ2) is 5.01. The molecule has 2 heteroatoms. The van der Waals surface area contributed by atoms with Crippen LogP contribution in [0.2, 0.25) is 0 Å². The summed E-state index contributed by atoms with van der Waals surface area (Å²) in [7, 11) is 2.05. The van der Waals surface area contributed by atoms with Gasteiger partial charge in [-0.2, -0.15) is 0 Å². The first-order chi connectivity index (χ1) is 8.16. The fraction of sp³-hybridized carbons (Fsp3) is 0.533. The quantitative estimate of drug-likeness (QED) is 0.576. The van der Waals surface area contributed by atoms with Gasteiger partial charge in [0.05, 0.1) is 7.05 Å². The molecule has 2 nitrogen and oxygen atoms in total. The number of rotatable bonds is 3. The molecule has 1 amide bonds. The van der Waals surface area contributed by atoms with Crippen molar-refractivity contribution in [3.63, 3.8) is 0 Å². The molecule has 0 saturated heterocycles. The van der Waals surface area contributed by atoms with E-state index in [1.165, 1.54) is 37.7 Å². The van der Waals surface area contributed by atoms with E-state index in [0.29, 0.717) is 10.5 Å². The summed E-state index contributed by atoms with van der Waals surface area (Å²) in [5, 5.41) is 0. The highest BCUT2D eigenvalue weighted by Crippen LogP contribution is 2.31. The van der Waals surface area contributed by atoms with Crippen LogP contribution in [0, 0.1) is 6.92 Å². The van der Waals surface area contributed by atoms with Gasteiger partial charge in [0.25, 0.3) is 0 Å². The van der Waals surface area contributed by atoms with Gasteiger partial charge >= 0.3 is 6.41 Å². The lowest BCUT2D eigenvalue weighted by Crippen LogP contribution is -2.53. The van der Waals surface area contributed by atoms with E-state index in [2.05, 4.69) is 32.2 Å². The van der Waals surface area contributed by atoms with Gasteiger partial charge in [-0.3, -0.25) is 0 Å². The van der Waals surface area contributed by atoms with Gasteiger partial charge in [0, 0.05) is 18.9 Å². The zero-order chi connectivity index (χ0) is 12.3. The molecule has 0 spiro atoms. The minimum absolute atomic E-state index is 0.446. The molecule has 0 N–H and O–H groups in total. The lowest BCUT2D eigenvalue weighted by molar-refractivity contribution is -0.118. The molecular formula is C15H22NO+. The normalized spacial score (nSPS) is 20.8. The van der Waals surface area contributed by atoms with Crippen LogP contribution < -0.4 is 4.48 Å². The Kier molecular flexibility index (Phi) is 3.63. The molecular weight excluding hydrogens is 210 g/mol. The van der Waals surface area contributed by atoms with E-state index in [-0.39, 0.29) is 0 Å². The number of quaternary nitrogens is 1. The molecule has 2 rings (SSSR count). The molecule has 1 aromatic carbocycles. The zero-order valence-electron chi connectivity index (χ0n) is 10.9. The molecule has 1 fully saturated rings. The van der Waals surface area contributed by atoms with Crippen LogP contribution in [0.25, 0.3) is 0 Å². The molecule has 0 heterocycles. The zero-order valence-corrected chi connectivity index (χ0v) is 10.9. The smallest absolute Gasteiger partial charge is 0.233 e. The first kappa shape index (κ1) is 12.3. The van der Waals surface area contributed by atoms with E-state index in [9.17, 15) is 4.79 Å². The molecule has 1 unspecified atom stereocenters. The fourth-order valence-electron chi connectivity index (χ4n) is 2.90. The summed E-state index contributed by atoms with van der Waals surface area (Å²) in [6, 6.07) is 8.81. The third-order valence-electron chi connectivity index (χ3n) is 4.11. The lowest BCUT2D eigenvalue weighted by atomic mass is 9.92. The average molecular weight is 232 g/mol. The molecule has 92 valence electrons. The summed E-state index contributed by atoms with van der Waals surface area (Å²) >= 11 is 0. The van der Waals surface area contributed by atoms with E-state index in [1.54, 1.807) is 0 Å². The molecule has 1 aliphatic carbocycles. The number of hydrogen-bond acceptors (Lipinski definition) is 1. The number of aryl methyl sites for hydroxylation is 1. The average Bonchev–Trinajstić information content (AvgIpc) is 2.39. The Morgan fingerprint density at radius 2 is 1.94 bits per heavy atom. The van der Waals surface area contributed by atoms with Gasteiger partial charge in [0.15, 0.2) is 0 Å². The van der Waals surface area contributed by atoms with Crippen LogP contribution in [0.5, 0.6) is 0 Å². The molecule has 1 aromatic rings. The Morgan fingerprint density at radius 3 is 2.53 bits per heavy atom. The molecule has 1 saturated carbocycles. The first-order valence-electron chi connectivity index (χ1n) is 6.56. The maximum Gasteiger partial charge on any atom is 0.306 e. The van der Waals surface area contributed by atoms with Crippen LogP contribution in [0.15, 0.2) is 24.3 Å². The standard InChI is InChI=1S/C15H22NO/c1-13-7-6-10-15(11-13)16(2,12-17)14-8-4-3-5-9-14/h6-7,10-12,14H,3-5,8-9H2,1-2H3/q+1. The molecule has 17 heavy (non-hydrogen) atoms. The molecule has 0 aliphatic heterocycles. The number of hydrogen-bond donors (Lipinski definition) is 0. The molecule has 1 aliphatic rings. The minimum atomic E-state index is 0.446. The molecule has 1 atom stereocenters. The van der Waals surface area contributed by atoms with Gasteiger partial charge in [-0.05, 0) is 31.4 Å². The van der Waals surface area contributed by atoms with Crippen molar-refractivity contribution in [1.29, 1.82) is 0 Å². The van der Waals surface area contributed by atoms with Crippen molar-refractivity contribution in [3.05, 3.63) is 29.8 Å². The van der Waals surface area contributed by atoms with Crippen molar-refractivity contribution >= 4 is 12.1 Å². The Hall–Kier alpha value is -1.15. The summed E-state index contributed by atoms with van der Waals surface area (Å²) in [4.78, 5) is 11.6. The maximum absolute atomic E-state index is 11.6. The third kappa shape index (κ3) is 2.42. The highest BCUT2D eigenvalue weighted by Gasteiger charge is 2.35. The van der Waals surface area contributed by atoms with E-state index in [1.807, 2.05) is 6.07 Å². The third-order valence-corrected chi connectivity index (χ3v) is 4.11. The van der Waals surface area contributed by atoms with E-state index in [4.69, 9.17) is 0 Å². The Balaban J connectivity index is 2.32. The lowest BCUT2D eigenvalue weighted by Gasteiger charge is -2.37. The van der Waals surface area contributed by atoms with Crippen LogP contribution in [0.3, 0.4) is 0 Å². The second-order valence-corrected chi connectivity index (χ2v) is 5.38. The summed E-state index contributed by atoms with van der Waals surface area (Å²) in [6.07, 6.45) is 7.30. The van der Waals surface area contributed by atoms with E-state index < -0.39 is 0 Å². The van der Waals surface area contributed by atoms with E-state index >= 15 is 0 Å². The van der Waals surface area contributed by atoms with Crippen LogP contribution in [-0.4, -0.2) is 19.5 Å². The Labute approximate surface area is 104 Å². The van der Waals surface area contributed by atoms with Crippen molar-refractivity contribution in [1.82, 2.24) is 4.48 Å². The summed E-state index contributed by atoms with van der Waals surface area (Å²) in [5.41, 5.74) is 2.36.